The largest absolute Gasteiger partial charge is 0.495 e. The molecule has 2 N–H and O–H groups in total. The Balaban J connectivity index is 1.64. The number of hydrogen-bond acceptors (Lipinski definition) is 7. The number of benzene rings is 1. The van der Waals surface area contributed by atoms with Crippen LogP contribution in [0.15, 0.2) is 47.5 Å². The van der Waals surface area contributed by atoms with E-state index in [1.165, 1.54) is 48.2 Å². The van der Waals surface area contributed by atoms with Gasteiger partial charge in [0.1, 0.15) is 17.6 Å². The Hall–Kier alpha value is -4.02. The molecule has 1 fully saturated rings. The molecule has 13 heteroatoms. The van der Waals surface area contributed by atoms with Gasteiger partial charge in [-0.25, -0.2) is 17.3 Å². The predicted molar refractivity (Wildman–Crippen MR) is 150 cm³/mol. The molecule has 1 aromatic carbocycles. The lowest BCUT2D eigenvalue weighted by atomic mass is 9.92. The first-order valence-electron chi connectivity index (χ1n) is 12.7. The van der Waals surface area contributed by atoms with Crippen molar-refractivity contribution in [2.75, 3.05) is 45.4 Å². The standard InChI is InChI=1S/C28H30F3N5O4S/c1-17-15-35(2)16-21(29)27(17)34-28(37)24-11-18(10-23-19(12-26(30)31)14-33-36(23)24)6-5-9-32-22-13-20(41(4,38)39)7-8-25(22)40-3/h7-8,10-14,17,21,27,32H,9,15-16H2,1-4H3,(H,34,37)/t17-,21-,27+/m0/s1. The number of alkyl halides is 1. The lowest BCUT2D eigenvalue weighted by Crippen LogP contribution is -2.56. The minimum Gasteiger partial charge on any atom is -0.495 e. The lowest BCUT2D eigenvalue weighted by Gasteiger charge is -2.37. The summed E-state index contributed by atoms with van der Waals surface area (Å²) in [6.45, 7) is 2.69. The summed E-state index contributed by atoms with van der Waals surface area (Å²) in [5.74, 6) is 5.43. The van der Waals surface area contributed by atoms with E-state index in [9.17, 15) is 26.4 Å². The van der Waals surface area contributed by atoms with Gasteiger partial charge in [0, 0.05) is 36.5 Å². The number of likely N-dealkylation sites (tertiary alicyclic amines) is 1. The van der Waals surface area contributed by atoms with E-state index in [0.717, 1.165) is 6.26 Å². The second-order valence-corrected chi connectivity index (χ2v) is 12.0. The summed E-state index contributed by atoms with van der Waals surface area (Å²) < 4.78 is 71.4. The molecule has 3 heterocycles. The third kappa shape index (κ3) is 7.01. The number of pyridine rings is 1. The fraction of sp³-hybridized carbons (Fsp3) is 0.357. The minimum absolute atomic E-state index is 0.0135. The number of sulfone groups is 1. The highest BCUT2D eigenvalue weighted by Gasteiger charge is 2.35. The molecule has 9 nitrogen and oxygen atoms in total. The van der Waals surface area contributed by atoms with Crippen molar-refractivity contribution in [3.8, 4) is 17.6 Å². The van der Waals surface area contributed by atoms with Gasteiger partial charge in [0.2, 0.25) is 0 Å². The molecule has 0 unspecified atom stereocenters. The lowest BCUT2D eigenvalue weighted by molar-refractivity contribution is 0.0658. The van der Waals surface area contributed by atoms with E-state index in [0.29, 0.717) is 29.6 Å². The Morgan fingerprint density at radius 2 is 2.00 bits per heavy atom. The van der Waals surface area contributed by atoms with Crippen molar-refractivity contribution in [1.82, 2.24) is 19.8 Å². The number of nitrogens with one attached hydrogen (secondary N) is 2. The van der Waals surface area contributed by atoms with Gasteiger partial charge in [-0.15, -0.1) is 0 Å². The number of piperidine rings is 1. The van der Waals surface area contributed by atoms with Gasteiger partial charge in [0.15, 0.2) is 9.84 Å². The summed E-state index contributed by atoms with van der Waals surface area (Å²) in [6, 6.07) is 6.64. The van der Waals surface area contributed by atoms with Gasteiger partial charge < -0.3 is 20.3 Å². The molecule has 0 aliphatic carbocycles. The Labute approximate surface area is 236 Å². The number of amides is 1. The summed E-state index contributed by atoms with van der Waals surface area (Å²) in [5.41, 5.74) is 1.07. The highest BCUT2D eigenvalue weighted by molar-refractivity contribution is 7.90. The highest BCUT2D eigenvalue weighted by atomic mass is 32.2. The van der Waals surface area contributed by atoms with Gasteiger partial charge >= 0.3 is 0 Å². The normalized spacial score (nSPS) is 19.2. The Kier molecular flexibility index (Phi) is 8.94. The summed E-state index contributed by atoms with van der Waals surface area (Å²) >= 11 is 0. The van der Waals surface area contributed by atoms with Crippen LogP contribution in [0.2, 0.25) is 0 Å². The van der Waals surface area contributed by atoms with Crippen LogP contribution in [0.3, 0.4) is 0 Å². The van der Waals surface area contributed by atoms with Crippen LogP contribution >= 0.6 is 0 Å². The van der Waals surface area contributed by atoms with Gasteiger partial charge in [-0.1, -0.05) is 18.8 Å². The van der Waals surface area contributed by atoms with Crippen LogP contribution in [-0.4, -0.2) is 81.1 Å². The fourth-order valence-electron chi connectivity index (χ4n) is 4.81. The molecule has 4 rings (SSSR count). The highest BCUT2D eigenvalue weighted by Crippen LogP contribution is 2.27. The number of halogens is 3. The number of aromatic nitrogens is 2. The van der Waals surface area contributed by atoms with Crippen molar-refractivity contribution in [2.45, 2.75) is 24.0 Å². The zero-order valence-electron chi connectivity index (χ0n) is 22.9. The molecule has 3 aromatic rings. The molecule has 218 valence electrons. The Bertz CT molecular complexity index is 1650. The molecule has 1 aliphatic rings. The first-order valence-corrected chi connectivity index (χ1v) is 14.5. The molecule has 41 heavy (non-hydrogen) atoms. The number of carbonyl (C=O) groups is 1. The van der Waals surface area contributed by atoms with E-state index in [1.807, 2.05) is 18.9 Å². The van der Waals surface area contributed by atoms with Crippen molar-refractivity contribution >= 4 is 33.0 Å². The Morgan fingerprint density at radius 3 is 2.66 bits per heavy atom. The number of anilines is 1. The van der Waals surface area contributed by atoms with E-state index >= 15 is 0 Å². The van der Waals surface area contributed by atoms with Crippen molar-refractivity contribution in [3.05, 3.63) is 59.4 Å². The zero-order valence-corrected chi connectivity index (χ0v) is 23.7. The molecule has 0 bridgehead atoms. The average Bonchev–Trinajstić information content (AvgIpc) is 3.29. The van der Waals surface area contributed by atoms with E-state index in [4.69, 9.17) is 4.74 Å². The zero-order chi connectivity index (χ0) is 29.9. The van der Waals surface area contributed by atoms with Crippen molar-refractivity contribution < 1.29 is 31.1 Å². The molecular formula is C28H30F3N5O4S. The number of ether oxygens (including phenoxy) is 1. The third-order valence-corrected chi connectivity index (χ3v) is 7.84. The van der Waals surface area contributed by atoms with Gasteiger partial charge in [0.25, 0.3) is 12.0 Å². The maximum atomic E-state index is 14.8. The molecule has 1 amide bonds. The number of fused-ring (bicyclic) bond motifs is 1. The number of rotatable bonds is 7. The fourth-order valence-corrected chi connectivity index (χ4v) is 5.46. The SMILES string of the molecule is COc1ccc(S(C)(=O)=O)cc1NCC#Cc1cc(C(=O)N[C@@H]2[C@@H](C)CN(C)C[C@@H]2F)n2ncc(C=C(F)F)c2c1. The number of nitrogens with zero attached hydrogens (tertiary/aromatic N) is 3. The molecular weight excluding hydrogens is 559 g/mol. The molecule has 0 radical (unpaired) electrons. The van der Waals surface area contributed by atoms with E-state index in [2.05, 4.69) is 27.6 Å². The predicted octanol–water partition coefficient (Wildman–Crippen LogP) is 3.47. The van der Waals surface area contributed by atoms with Crippen molar-refractivity contribution in [3.63, 3.8) is 0 Å². The van der Waals surface area contributed by atoms with Crippen LogP contribution in [0.4, 0.5) is 18.9 Å². The molecule has 2 aromatic heterocycles. The van der Waals surface area contributed by atoms with Gasteiger partial charge in [-0.3, -0.25) is 4.79 Å². The average molecular weight is 590 g/mol. The molecule has 1 saturated heterocycles. The van der Waals surface area contributed by atoms with E-state index < -0.39 is 34.0 Å². The van der Waals surface area contributed by atoms with Crippen molar-refractivity contribution in [1.29, 1.82) is 0 Å². The Morgan fingerprint density at radius 1 is 1.24 bits per heavy atom. The van der Waals surface area contributed by atoms with Crippen LogP contribution in [0.5, 0.6) is 5.75 Å². The van der Waals surface area contributed by atoms with E-state index in [1.54, 1.807) is 0 Å². The van der Waals surface area contributed by atoms with Gasteiger partial charge in [0.05, 0.1) is 42.0 Å². The van der Waals surface area contributed by atoms with Crippen LogP contribution in [0.25, 0.3) is 11.6 Å². The topological polar surface area (TPSA) is 105 Å². The summed E-state index contributed by atoms with van der Waals surface area (Å²) in [5, 5.41) is 9.87. The molecule has 3 atom stereocenters. The summed E-state index contributed by atoms with van der Waals surface area (Å²) in [7, 11) is -0.191. The summed E-state index contributed by atoms with van der Waals surface area (Å²) in [4.78, 5) is 15.3. The molecule has 1 aliphatic heterocycles. The van der Waals surface area contributed by atoms with Crippen LogP contribution in [0.1, 0.15) is 28.5 Å². The van der Waals surface area contributed by atoms with Crippen LogP contribution in [-0.2, 0) is 9.84 Å². The third-order valence-electron chi connectivity index (χ3n) is 6.73. The maximum absolute atomic E-state index is 14.8. The summed E-state index contributed by atoms with van der Waals surface area (Å²) in [6.07, 6.45) is -0.274. The van der Waals surface area contributed by atoms with Gasteiger partial charge in [-0.2, -0.15) is 13.9 Å². The van der Waals surface area contributed by atoms with E-state index in [-0.39, 0.29) is 40.7 Å². The second-order valence-electron chi connectivity index (χ2n) is 9.96. The monoisotopic (exact) mass is 589 g/mol. The van der Waals surface area contributed by atoms with Gasteiger partial charge in [-0.05, 0) is 43.3 Å². The van der Waals surface area contributed by atoms with Crippen molar-refractivity contribution in [2.24, 2.45) is 5.92 Å². The molecule has 0 spiro atoms. The van der Waals surface area contributed by atoms with Crippen LogP contribution < -0.4 is 15.4 Å². The second kappa shape index (κ2) is 12.2. The smallest absolute Gasteiger partial charge is 0.271 e. The minimum atomic E-state index is -3.45. The first-order chi connectivity index (χ1) is 19.4. The quantitative estimate of drug-likeness (QED) is 0.407. The first kappa shape index (κ1) is 30.0. The maximum Gasteiger partial charge on any atom is 0.271 e. The molecule has 0 saturated carbocycles. The number of carbonyl (C=O) groups excluding carboxylic acids is 1. The number of hydrogen-bond donors (Lipinski definition) is 2. The van der Waals surface area contributed by atoms with Crippen LogP contribution in [0, 0.1) is 17.8 Å². The number of methoxy groups -OCH3 is 1.